The molecule has 2 N–H and O–H groups in total. The molecule has 1 aromatic heterocycles. The van der Waals surface area contributed by atoms with Gasteiger partial charge in [-0.15, -0.1) is 5.10 Å². The number of fused-ring (bicyclic) bond motifs is 1. The second-order valence-electron chi connectivity index (χ2n) is 6.67. The van der Waals surface area contributed by atoms with Crippen LogP contribution in [-0.4, -0.2) is 27.1 Å². The third-order valence-electron chi connectivity index (χ3n) is 4.33. The van der Waals surface area contributed by atoms with Crippen molar-refractivity contribution in [1.82, 2.24) is 20.3 Å². The van der Waals surface area contributed by atoms with Crippen molar-refractivity contribution in [3.63, 3.8) is 0 Å². The van der Waals surface area contributed by atoms with Crippen molar-refractivity contribution in [2.24, 2.45) is 0 Å². The Balaban J connectivity index is 1.71. The van der Waals surface area contributed by atoms with Gasteiger partial charge in [0.25, 0.3) is 5.56 Å². The number of aryl methyl sites for hydroxylation is 2. The zero-order valence-electron chi connectivity index (χ0n) is 15.7. The molecule has 0 unspecified atom stereocenters. The fraction of sp³-hybridized carbons (Fsp3) is 0.300. The number of hydrogen-bond acceptors (Lipinski definition) is 4. The molecule has 0 saturated carbocycles. The number of hydrogen-bond donors (Lipinski definition) is 2. The van der Waals surface area contributed by atoms with E-state index in [0.29, 0.717) is 17.3 Å². The van der Waals surface area contributed by atoms with E-state index in [1.807, 2.05) is 45.0 Å². The molecule has 3 aromatic rings. The Morgan fingerprint density at radius 3 is 2.56 bits per heavy atom. The number of nitrogens with one attached hydrogen (secondary N) is 2. The van der Waals surface area contributed by atoms with Crippen molar-refractivity contribution < 1.29 is 4.79 Å². The molecule has 140 valence electrons. The predicted molar refractivity (Wildman–Crippen MR) is 106 cm³/mol. The van der Waals surface area contributed by atoms with Gasteiger partial charge < -0.3 is 10.6 Å². The molecular formula is C20H23N5O2. The van der Waals surface area contributed by atoms with E-state index in [-0.39, 0.29) is 24.2 Å². The Kier molecular flexibility index (Phi) is 5.49. The van der Waals surface area contributed by atoms with Gasteiger partial charge in [-0.05, 0) is 55.7 Å². The summed E-state index contributed by atoms with van der Waals surface area (Å²) in [4.78, 5) is 24.9. The first-order valence-corrected chi connectivity index (χ1v) is 8.94. The first kappa shape index (κ1) is 18.6. The molecular weight excluding hydrogens is 342 g/mol. The molecule has 0 fully saturated rings. The van der Waals surface area contributed by atoms with Crippen LogP contribution in [0.4, 0.5) is 10.5 Å². The number of anilines is 1. The molecule has 0 saturated heterocycles. The molecule has 0 bridgehead atoms. The molecule has 0 aliphatic heterocycles. The van der Waals surface area contributed by atoms with Crippen LogP contribution in [0.5, 0.6) is 0 Å². The van der Waals surface area contributed by atoms with Crippen LogP contribution in [0.25, 0.3) is 10.9 Å². The molecule has 1 heterocycles. The van der Waals surface area contributed by atoms with Gasteiger partial charge >= 0.3 is 6.03 Å². The van der Waals surface area contributed by atoms with Crippen molar-refractivity contribution in [2.75, 3.05) is 5.32 Å². The Hall–Kier alpha value is -3.22. The number of amides is 2. The van der Waals surface area contributed by atoms with E-state index < -0.39 is 0 Å². The zero-order chi connectivity index (χ0) is 19.4. The lowest BCUT2D eigenvalue weighted by Crippen LogP contribution is -2.42. The minimum absolute atomic E-state index is 0.212. The highest BCUT2D eigenvalue weighted by Crippen LogP contribution is 2.13. The monoisotopic (exact) mass is 365 g/mol. The summed E-state index contributed by atoms with van der Waals surface area (Å²) in [5.41, 5.74) is 3.25. The Bertz CT molecular complexity index is 1010. The molecule has 0 aliphatic rings. The Morgan fingerprint density at radius 2 is 1.85 bits per heavy atom. The van der Waals surface area contributed by atoms with E-state index in [1.54, 1.807) is 18.2 Å². The van der Waals surface area contributed by atoms with Crippen molar-refractivity contribution >= 4 is 22.6 Å². The maximum absolute atomic E-state index is 12.6. The van der Waals surface area contributed by atoms with E-state index in [0.717, 1.165) is 16.8 Å². The van der Waals surface area contributed by atoms with Gasteiger partial charge in [-0.25, -0.2) is 9.48 Å². The topological polar surface area (TPSA) is 88.9 Å². The first-order chi connectivity index (χ1) is 13.0. The van der Waals surface area contributed by atoms with Gasteiger partial charge in [0.1, 0.15) is 5.52 Å². The quantitative estimate of drug-likeness (QED) is 0.727. The maximum Gasteiger partial charge on any atom is 0.319 e. The van der Waals surface area contributed by atoms with E-state index >= 15 is 0 Å². The van der Waals surface area contributed by atoms with Gasteiger partial charge in [-0.3, -0.25) is 4.79 Å². The summed E-state index contributed by atoms with van der Waals surface area (Å²) in [6.45, 7) is 6.17. The Labute approximate surface area is 157 Å². The Morgan fingerprint density at radius 1 is 1.15 bits per heavy atom. The summed E-state index contributed by atoms with van der Waals surface area (Å²) >= 11 is 0. The van der Waals surface area contributed by atoms with Gasteiger partial charge in [0.15, 0.2) is 0 Å². The van der Waals surface area contributed by atoms with E-state index in [2.05, 4.69) is 20.9 Å². The van der Waals surface area contributed by atoms with Crippen LogP contribution in [-0.2, 0) is 6.54 Å². The van der Waals surface area contributed by atoms with Crippen LogP contribution < -0.4 is 16.2 Å². The smallest absolute Gasteiger partial charge is 0.319 e. The predicted octanol–water partition coefficient (Wildman–Crippen LogP) is 3.01. The molecule has 27 heavy (non-hydrogen) atoms. The number of nitrogens with zero attached hydrogens (tertiary/aromatic N) is 3. The molecule has 0 aliphatic carbocycles. The number of carbonyl (C=O) groups is 1. The average Bonchev–Trinajstić information content (AvgIpc) is 2.62. The van der Waals surface area contributed by atoms with Crippen molar-refractivity contribution in [3.05, 3.63) is 63.9 Å². The summed E-state index contributed by atoms with van der Waals surface area (Å²) in [5, 5.41) is 14.3. The highest BCUT2D eigenvalue weighted by molar-refractivity contribution is 5.89. The van der Waals surface area contributed by atoms with Crippen molar-refractivity contribution in [2.45, 2.75) is 39.8 Å². The largest absolute Gasteiger partial charge is 0.333 e. The van der Waals surface area contributed by atoms with Crippen LogP contribution in [0.2, 0.25) is 0 Å². The minimum Gasteiger partial charge on any atom is -0.333 e. The van der Waals surface area contributed by atoms with Crippen molar-refractivity contribution in [1.29, 1.82) is 0 Å². The number of urea groups is 1. The standard InChI is InChI=1S/C20H23N5O2/c1-4-15(21-20(27)22-16-10-13(2)9-14(3)11-16)12-25-19(26)17-7-5-6-8-18(17)23-24-25/h5-11,15H,4,12H2,1-3H3,(H2,21,22,27)/t15-/m1/s1. The minimum atomic E-state index is -0.311. The normalized spacial score (nSPS) is 12.0. The van der Waals surface area contributed by atoms with E-state index in [1.165, 1.54) is 4.68 Å². The van der Waals surface area contributed by atoms with Crippen molar-refractivity contribution in [3.8, 4) is 0 Å². The lowest BCUT2D eigenvalue weighted by atomic mass is 10.1. The van der Waals surface area contributed by atoms with E-state index in [9.17, 15) is 9.59 Å². The fourth-order valence-electron chi connectivity index (χ4n) is 3.03. The number of aromatic nitrogens is 3. The molecule has 3 rings (SSSR count). The van der Waals surface area contributed by atoms with E-state index in [4.69, 9.17) is 0 Å². The SMILES string of the molecule is CC[C@H](Cn1nnc2ccccc2c1=O)NC(=O)Nc1cc(C)cc(C)c1. The van der Waals surface area contributed by atoms with Crippen LogP contribution in [0.3, 0.4) is 0 Å². The number of carbonyl (C=O) groups excluding carboxylic acids is 1. The summed E-state index contributed by atoms with van der Waals surface area (Å²) in [6, 6.07) is 12.4. The lowest BCUT2D eigenvalue weighted by molar-refractivity contribution is 0.245. The molecule has 7 heteroatoms. The van der Waals surface area contributed by atoms with Crippen LogP contribution in [0, 0.1) is 13.8 Å². The zero-order valence-corrected chi connectivity index (χ0v) is 15.7. The summed E-state index contributed by atoms with van der Waals surface area (Å²) in [7, 11) is 0. The van der Waals surface area contributed by atoms with Gasteiger partial charge in [0.2, 0.25) is 0 Å². The number of benzene rings is 2. The van der Waals surface area contributed by atoms with Gasteiger partial charge in [0.05, 0.1) is 18.0 Å². The van der Waals surface area contributed by atoms with Crippen LogP contribution >= 0.6 is 0 Å². The summed E-state index contributed by atoms with van der Waals surface area (Å²) < 4.78 is 1.30. The second kappa shape index (κ2) is 7.99. The second-order valence-corrected chi connectivity index (χ2v) is 6.67. The first-order valence-electron chi connectivity index (χ1n) is 8.94. The molecule has 2 amide bonds. The maximum atomic E-state index is 12.6. The van der Waals surface area contributed by atoms with Crippen LogP contribution in [0.1, 0.15) is 24.5 Å². The third kappa shape index (κ3) is 4.49. The molecule has 0 spiro atoms. The van der Waals surface area contributed by atoms with Gasteiger partial charge in [-0.1, -0.05) is 30.3 Å². The molecule has 1 atom stereocenters. The highest BCUT2D eigenvalue weighted by Gasteiger charge is 2.14. The van der Waals surface area contributed by atoms with Crippen LogP contribution in [0.15, 0.2) is 47.3 Å². The molecule has 0 radical (unpaired) electrons. The average molecular weight is 365 g/mol. The number of rotatable bonds is 5. The third-order valence-corrected chi connectivity index (χ3v) is 4.33. The molecule has 2 aromatic carbocycles. The molecule has 7 nitrogen and oxygen atoms in total. The summed E-state index contributed by atoms with van der Waals surface area (Å²) in [5.74, 6) is 0. The van der Waals surface area contributed by atoms with Gasteiger partial charge in [-0.2, -0.15) is 0 Å². The lowest BCUT2D eigenvalue weighted by Gasteiger charge is -2.18. The van der Waals surface area contributed by atoms with Gasteiger partial charge in [0, 0.05) is 5.69 Å². The highest BCUT2D eigenvalue weighted by atomic mass is 16.2. The summed E-state index contributed by atoms with van der Waals surface area (Å²) in [6.07, 6.45) is 0.654. The fourth-order valence-corrected chi connectivity index (χ4v) is 3.03.